The van der Waals surface area contributed by atoms with Crippen LogP contribution in [0.4, 0.5) is 18.9 Å². The number of anilines is 1. The van der Waals surface area contributed by atoms with Gasteiger partial charge in [-0.25, -0.2) is 0 Å². The number of hydrogen-bond donors (Lipinski definition) is 1. The van der Waals surface area contributed by atoms with Gasteiger partial charge in [0.2, 0.25) is 0 Å². The van der Waals surface area contributed by atoms with E-state index in [9.17, 15) is 13.2 Å². The minimum atomic E-state index is -4.70. The topological polar surface area (TPSA) is 34.1 Å². The molecule has 7 heteroatoms. The molecule has 0 saturated heterocycles. The molecule has 0 aliphatic rings. The molecule has 0 spiro atoms. The van der Waals surface area contributed by atoms with Crippen LogP contribution in [0.5, 0.6) is 5.75 Å². The van der Waals surface area contributed by atoms with Crippen molar-refractivity contribution in [2.75, 3.05) is 5.32 Å². The molecule has 0 saturated carbocycles. The fourth-order valence-electron chi connectivity index (χ4n) is 1.63. The Hall–Kier alpha value is -1.76. The maximum atomic E-state index is 12.2. The molecule has 0 radical (unpaired) electrons. The van der Waals surface area contributed by atoms with Crippen LogP contribution in [0.1, 0.15) is 11.3 Å². The van der Waals surface area contributed by atoms with Gasteiger partial charge >= 0.3 is 6.36 Å². The predicted octanol–water partition coefficient (Wildman–Crippen LogP) is 4.66. The van der Waals surface area contributed by atoms with Crippen molar-refractivity contribution in [2.45, 2.75) is 19.8 Å². The number of halogens is 4. The number of nitrogens with zero attached hydrogens (tertiary/aromatic N) is 1. The van der Waals surface area contributed by atoms with Crippen molar-refractivity contribution in [3.63, 3.8) is 0 Å². The van der Waals surface area contributed by atoms with E-state index in [1.807, 2.05) is 19.1 Å². The van der Waals surface area contributed by atoms with Gasteiger partial charge in [0.05, 0.1) is 4.47 Å². The third kappa shape index (κ3) is 4.93. The van der Waals surface area contributed by atoms with Crippen molar-refractivity contribution in [2.24, 2.45) is 0 Å². The lowest BCUT2D eigenvalue weighted by Crippen LogP contribution is -2.17. The number of alkyl halides is 3. The number of ether oxygens (including phenoxy) is 1. The average molecular weight is 361 g/mol. The highest BCUT2D eigenvalue weighted by molar-refractivity contribution is 9.10. The number of benzene rings is 1. The van der Waals surface area contributed by atoms with Crippen LogP contribution in [-0.4, -0.2) is 11.3 Å². The summed E-state index contributed by atoms with van der Waals surface area (Å²) in [5, 5.41) is 3.10. The van der Waals surface area contributed by atoms with Crippen molar-refractivity contribution in [3.05, 3.63) is 52.3 Å². The van der Waals surface area contributed by atoms with Gasteiger partial charge in [-0.1, -0.05) is 6.07 Å². The molecule has 1 aromatic heterocycles. The van der Waals surface area contributed by atoms with Crippen LogP contribution < -0.4 is 10.1 Å². The zero-order valence-electron chi connectivity index (χ0n) is 11.0. The zero-order chi connectivity index (χ0) is 15.5. The molecule has 2 aromatic rings. The molecular weight excluding hydrogens is 349 g/mol. The van der Waals surface area contributed by atoms with Crippen LogP contribution >= 0.6 is 15.9 Å². The van der Waals surface area contributed by atoms with Crippen LogP contribution in [0.3, 0.4) is 0 Å². The second-order valence-electron chi connectivity index (χ2n) is 4.35. The molecule has 21 heavy (non-hydrogen) atoms. The Morgan fingerprint density at radius 3 is 2.57 bits per heavy atom. The monoisotopic (exact) mass is 360 g/mol. The van der Waals surface area contributed by atoms with Crippen LogP contribution in [0.25, 0.3) is 0 Å². The first kappa shape index (κ1) is 15.6. The molecule has 1 N–H and O–H groups in total. The molecule has 1 aromatic carbocycles. The lowest BCUT2D eigenvalue weighted by molar-refractivity contribution is -0.274. The van der Waals surface area contributed by atoms with E-state index in [1.54, 1.807) is 6.20 Å². The van der Waals surface area contributed by atoms with Gasteiger partial charge < -0.3 is 10.1 Å². The van der Waals surface area contributed by atoms with Gasteiger partial charge in [-0.3, -0.25) is 4.98 Å². The number of nitrogens with one attached hydrogen (secondary N) is 1. The van der Waals surface area contributed by atoms with Gasteiger partial charge in [-0.15, -0.1) is 13.2 Å². The van der Waals surface area contributed by atoms with E-state index in [0.717, 1.165) is 11.3 Å². The summed E-state index contributed by atoms with van der Waals surface area (Å²) in [7, 11) is 0. The van der Waals surface area contributed by atoms with Crippen molar-refractivity contribution < 1.29 is 17.9 Å². The van der Waals surface area contributed by atoms with Gasteiger partial charge in [-0.05, 0) is 52.7 Å². The minimum absolute atomic E-state index is 0.229. The van der Waals surface area contributed by atoms with Crippen LogP contribution in [0.2, 0.25) is 0 Å². The van der Waals surface area contributed by atoms with Gasteiger partial charge in [0.1, 0.15) is 5.75 Å². The highest BCUT2D eigenvalue weighted by Gasteiger charge is 2.31. The van der Waals surface area contributed by atoms with E-state index < -0.39 is 6.36 Å². The Bertz CT molecular complexity index is 615. The number of rotatable bonds is 4. The zero-order valence-corrected chi connectivity index (χ0v) is 12.6. The maximum Gasteiger partial charge on any atom is 0.573 e. The van der Waals surface area contributed by atoms with Gasteiger partial charge in [-0.2, -0.15) is 0 Å². The smallest absolute Gasteiger partial charge is 0.405 e. The lowest BCUT2D eigenvalue weighted by Gasteiger charge is -2.12. The quantitative estimate of drug-likeness (QED) is 0.860. The third-order valence-corrected chi connectivity index (χ3v) is 3.25. The summed E-state index contributed by atoms with van der Waals surface area (Å²) in [6, 6.07) is 8.14. The Kier molecular flexibility index (Phi) is 4.72. The van der Waals surface area contributed by atoms with Crippen molar-refractivity contribution in [1.29, 1.82) is 0 Å². The molecule has 0 aliphatic heterocycles. The summed E-state index contributed by atoms with van der Waals surface area (Å²) in [5.74, 6) is -0.273. The van der Waals surface area contributed by atoms with Crippen molar-refractivity contribution >= 4 is 21.6 Å². The van der Waals surface area contributed by atoms with Gasteiger partial charge in [0.15, 0.2) is 0 Å². The largest absolute Gasteiger partial charge is 0.573 e. The number of aromatic nitrogens is 1. The lowest BCUT2D eigenvalue weighted by atomic mass is 10.2. The first-order valence-electron chi connectivity index (χ1n) is 6.04. The molecule has 2 rings (SSSR count). The Morgan fingerprint density at radius 2 is 2.00 bits per heavy atom. The second-order valence-corrected chi connectivity index (χ2v) is 5.21. The summed E-state index contributed by atoms with van der Waals surface area (Å²) in [6.45, 7) is 2.42. The third-order valence-electron chi connectivity index (χ3n) is 2.63. The Labute approximate surface area is 128 Å². The van der Waals surface area contributed by atoms with Crippen molar-refractivity contribution in [1.82, 2.24) is 4.98 Å². The minimum Gasteiger partial charge on any atom is -0.405 e. The first-order chi connectivity index (χ1) is 9.83. The molecule has 0 aliphatic carbocycles. The van der Waals surface area contributed by atoms with E-state index in [0.29, 0.717) is 12.2 Å². The fourth-order valence-corrected chi connectivity index (χ4v) is 2.09. The standard InChI is InChI=1S/C14H12BrF3N2O/c1-9-2-3-10(7-19-9)8-20-11-4-5-13(12(15)6-11)21-14(16,17)18/h2-7,20H,8H2,1H3. The summed E-state index contributed by atoms with van der Waals surface area (Å²) in [6.07, 6.45) is -2.95. The summed E-state index contributed by atoms with van der Waals surface area (Å²) >= 11 is 3.06. The molecule has 0 atom stereocenters. The fraction of sp³-hybridized carbons (Fsp3) is 0.214. The summed E-state index contributed by atoms with van der Waals surface area (Å²) < 4.78 is 40.6. The predicted molar refractivity (Wildman–Crippen MR) is 77.1 cm³/mol. The summed E-state index contributed by atoms with van der Waals surface area (Å²) in [5.41, 5.74) is 2.58. The molecule has 0 amide bonds. The van der Waals surface area contributed by atoms with E-state index in [-0.39, 0.29) is 10.2 Å². The molecule has 1 heterocycles. The molecule has 0 unspecified atom stereocenters. The second kappa shape index (κ2) is 6.34. The van der Waals surface area contributed by atoms with E-state index in [1.165, 1.54) is 18.2 Å². The van der Waals surface area contributed by atoms with E-state index in [4.69, 9.17) is 0 Å². The number of aryl methyl sites for hydroxylation is 1. The summed E-state index contributed by atoms with van der Waals surface area (Å²) in [4.78, 5) is 4.17. The number of pyridine rings is 1. The average Bonchev–Trinajstić information content (AvgIpc) is 2.40. The SMILES string of the molecule is Cc1ccc(CNc2ccc(OC(F)(F)F)c(Br)c2)cn1. The molecule has 3 nitrogen and oxygen atoms in total. The van der Waals surface area contributed by atoms with Crippen LogP contribution in [0, 0.1) is 6.92 Å². The van der Waals surface area contributed by atoms with Crippen LogP contribution in [0.15, 0.2) is 41.0 Å². The van der Waals surface area contributed by atoms with Crippen LogP contribution in [-0.2, 0) is 6.54 Å². The molecular formula is C14H12BrF3N2O. The molecule has 112 valence electrons. The van der Waals surface area contributed by atoms with Gasteiger partial charge in [0, 0.05) is 24.1 Å². The highest BCUT2D eigenvalue weighted by atomic mass is 79.9. The molecule has 0 fully saturated rings. The van der Waals surface area contributed by atoms with E-state index >= 15 is 0 Å². The van der Waals surface area contributed by atoms with Gasteiger partial charge in [0.25, 0.3) is 0 Å². The highest BCUT2D eigenvalue weighted by Crippen LogP contribution is 2.32. The molecule has 0 bridgehead atoms. The normalized spacial score (nSPS) is 11.3. The Balaban J connectivity index is 2.01. The number of hydrogen-bond acceptors (Lipinski definition) is 3. The van der Waals surface area contributed by atoms with Crippen molar-refractivity contribution in [3.8, 4) is 5.75 Å². The first-order valence-corrected chi connectivity index (χ1v) is 6.83. The maximum absolute atomic E-state index is 12.2. The Morgan fingerprint density at radius 1 is 1.24 bits per heavy atom. The van der Waals surface area contributed by atoms with E-state index in [2.05, 4.69) is 31.0 Å².